The molecule has 0 fully saturated rings. The highest BCUT2D eigenvalue weighted by atomic mass is 19.1. The fourth-order valence-electron chi connectivity index (χ4n) is 1.62. The van der Waals surface area contributed by atoms with Gasteiger partial charge >= 0.3 is 0 Å². The molecule has 0 bridgehead atoms. The molecule has 0 aliphatic rings. The first-order valence-electron chi connectivity index (χ1n) is 6.02. The number of benzene rings is 1. The molecule has 3 N–H and O–H groups in total. The van der Waals surface area contributed by atoms with Gasteiger partial charge in [-0.05, 0) is 31.2 Å². The SMILES string of the molecule is CCCNC(=O)CN(C)Cc1ccc(F)cc1N. The highest BCUT2D eigenvalue weighted by molar-refractivity contribution is 5.77. The number of halogens is 1. The van der Waals surface area contributed by atoms with Crippen LogP contribution in [0, 0.1) is 5.82 Å². The lowest BCUT2D eigenvalue weighted by molar-refractivity contribution is -0.122. The normalized spacial score (nSPS) is 10.7. The molecule has 0 heterocycles. The molecule has 0 aliphatic heterocycles. The number of nitrogens with two attached hydrogens (primary N) is 1. The highest BCUT2D eigenvalue weighted by Crippen LogP contribution is 2.14. The van der Waals surface area contributed by atoms with Gasteiger partial charge < -0.3 is 11.1 Å². The van der Waals surface area contributed by atoms with Crippen molar-refractivity contribution >= 4 is 11.6 Å². The van der Waals surface area contributed by atoms with Crippen molar-refractivity contribution < 1.29 is 9.18 Å². The number of anilines is 1. The molecule has 0 saturated carbocycles. The summed E-state index contributed by atoms with van der Waals surface area (Å²) >= 11 is 0. The molecule has 18 heavy (non-hydrogen) atoms. The molecule has 0 atom stereocenters. The number of carbonyl (C=O) groups is 1. The summed E-state index contributed by atoms with van der Waals surface area (Å²) in [6, 6.07) is 4.31. The molecule has 0 saturated heterocycles. The Balaban J connectivity index is 2.48. The summed E-state index contributed by atoms with van der Waals surface area (Å²) in [5.41, 5.74) is 6.95. The van der Waals surface area contributed by atoms with Crippen molar-refractivity contribution in [1.82, 2.24) is 10.2 Å². The Morgan fingerprint density at radius 3 is 2.83 bits per heavy atom. The van der Waals surface area contributed by atoms with E-state index in [1.807, 2.05) is 18.9 Å². The maximum absolute atomic E-state index is 12.9. The van der Waals surface area contributed by atoms with Gasteiger partial charge in [0.2, 0.25) is 5.91 Å². The number of rotatable bonds is 6. The first-order chi connectivity index (χ1) is 8.52. The fraction of sp³-hybridized carbons (Fsp3) is 0.462. The minimum absolute atomic E-state index is 0.0139. The van der Waals surface area contributed by atoms with E-state index in [-0.39, 0.29) is 11.7 Å². The molecule has 0 unspecified atom stereocenters. The van der Waals surface area contributed by atoms with Gasteiger partial charge in [-0.15, -0.1) is 0 Å². The summed E-state index contributed by atoms with van der Waals surface area (Å²) in [6.07, 6.45) is 0.917. The molecular formula is C13H20FN3O. The third-order valence-corrected chi connectivity index (χ3v) is 2.53. The van der Waals surface area contributed by atoms with Gasteiger partial charge in [-0.2, -0.15) is 0 Å². The lowest BCUT2D eigenvalue weighted by Crippen LogP contribution is -2.35. The van der Waals surface area contributed by atoms with Gasteiger partial charge in [-0.25, -0.2) is 4.39 Å². The van der Waals surface area contributed by atoms with E-state index in [0.29, 0.717) is 25.3 Å². The summed E-state index contributed by atoms with van der Waals surface area (Å²) in [5, 5.41) is 2.80. The predicted octanol–water partition coefficient (Wildman–Crippen LogP) is 1.37. The predicted molar refractivity (Wildman–Crippen MR) is 70.4 cm³/mol. The van der Waals surface area contributed by atoms with E-state index in [1.165, 1.54) is 12.1 Å². The quantitative estimate of drug-likeness (QED) is 0.753. The zero-order valence-electron chi connectivity index (χ0n) is 10.9. The van der Waals surface area contributed by atoms with Crippen LogP contribution in [-0.4, -0.2) is 30.9 Å². The Morgan fingerprint density at radius 1 is 1.50 bits per heavy atom. The van der Waals surface area contributed by atoms with Gasteiger partial charge in [0, 0.05) is 18.8 Å². The van der Waals surface area contributed by atoms with E-state index in [2.05, 4.69) is 5.32 Å². The third kappa shape index (κ3) is 4.71. The van der Waals surface area contributed by atoms with Crippen molar-refractivity contribution in [3.05, 3.63) is 29.6 Å². The van der Waals surface area contributed by atoms with Gasteiger partial charge in [0.1, 0.15) is 5.82 Å². The van der Waals surface area contributed by atoms with Crippen LogP contribution < -0.4 is 11.1 Å². The van der Waals surface area contributed by atoms with Crippen LogP contribution in [0.4, 0.5) is 10.1 Å². The van der Waals surface area contributed by atoms with E-state index in [4.69, 9.17) is 5.73 Å². The number of nitrogens with zero attached hydrogens (tertiary/aromatic N) is 1. The Labute approximate surface area is 107 Å². The topological polar surface area (TPSA) is 58.4 Å². The zero-order chi connectivity index (χ0) is 13.5. The van der Waals surface area contributed by atoms with Crippen LogP contribution in [0.5, 0.6) is 0 Å². The lowest BCUT2D eigenvalue weighted by atomic mass is 10.1. The third-order valence-electron chi connectivity index (χ3n) is 2.53. The zero-order valence-corrected chi connectivity index (χ0v) is 10.9. The van der Waals surface area contributed by atoms with Crippen LogP contribution in [0.1, 0.15) is 18.9 Å². The number of likely N-dealkylation sites (N-methyl/N-ethyl adjacent to an activating group) is 1. The molecular weight excluding hydrogens is 233 g/mol. The van der Waals surface area contributed by atoms with Crippen molar-refractivity contribution in [2.45, 2.75) is 19.9 Å². The van der Waals surface area contributed by atoms with Gasteiger partial charge in [0.05, 0.1) is 6.54 Å². The Bertz CT molecular complexity index is 409. The van der Waals surface area contributed by atoms with E-state index < -0.39 is 0 Å². The van der Waals surface area contributed by atoms with Crippen molar-refractivity contribution in [2.75, 3.05) is 25.9 Å². The van der Waals surface area contributed by atoms with Crippen LogP contribution in [0.15, 0.2) is 18.2 Å². The molecule has 1 amide bonds. The smallest absolute Gasteiger partial charge is 0.234 e. The van der Waals surface area contributed by atoms with Crippen molar-refractivity contribution in [1.29, 1.82) is 0 Å². The van der Waals surface area contributed by atoms with E-state index >= 15 is 0 Å². The number of nitrogens with one attached hydrogen (secondary N) is 1. The Hall–Kier alpha value is -1.62. The second kappa shape index (κ2) is 6.96. The number of nitrogen functional groups attached to an aromatic ring is 1. The molecule has 5 heteroatoms. The Kier molecular flexibility index (Phi) is 5.58. The molecule has 4 nitrogen and oxygen atoms in total. The highest BCUT2D eigenvalue weighted by Gasteiger charge is 2.08. The summed E-state index contributed by atoms with van der Waals surface area (Å²) in [4.78, 5) is 13.3. The van der Waals surface area contributed by atoms with Crippen molar-refractivity contribution in [3.8, 4) is 0 Å². The molecule has 1 aromatic rings. The van der Waals surface area contributed by atoms with E-state index in [9.17, 15) is 9.18 Å². The molecule has 1 rings (SSSR count). The van der Waals surface area contributed by atoms with Gasteiger partial charge in [0.25, 0.3) is 0 Å². The number of carbonyl (C=O) groups excluding carboxylic acids is 1. The molecule has 0 aromatic heterocycles. The standard InChI is InChI=1S/C13H20FN3O/c1-3-6-16-13(18)9-17(2)8-10-4-5-11(14)7-12(10)15/h4-5,7H,3,6,8-9,15H2,1-2H3,(H,16,18). The van der Waals surface area contributed by atoms with E-state index in [0.717, 1.165) is 12.0 Å². The average molecular weight is 253 g/mol. The largest absolute Gasteiger partial charge is 0.398 e. The van der Waals surface area contributed by atoms with Crippen LogP contribution in [0.25, 0.3) is 0 Å². The summed E-state index contributed by atoms with van der Waals surface area (Å²) in [5.74, 6) is -0.361. The monoisotopic (exact) mass is 253 g/mol. The molecule has 1 aromatic carbocycles. The van der Waals surface area contributed by atoms with Crippen molar-refractivity contribution in [3.63, 3.8) is 0 Å². The Morgan fingerprint density at radius 2 is 2.22 bits per heavy atom. The van der Waals surface area contributed by atoms with Gasteiger partial charge in [0.15, 0.2) is 0 Å². The summed E-state index contributed by atoms with van der Waals surface area (Å²) in [7, 11) is 1.83. The first-order valence-corrected chi connectivity index (χ1v) is 6.02. The lowest BCUT2D eigenvalue weighted by Gasteiger charge is -2.17. The second-order valence-corrected chi connectivity index (χ2v) is 4.37. The minimum atomic E-state index is -0.348. The summed E-state index contributed by atoms with van der Waals surface area (Å²) < 4.78 is 12.9. The second-order valence-electron chi connectivity index (χ2n) is 4.37. The fourth-order valence-corrected chi connectivity index (χ4v) is 1.62. The van der Waals surface area contributed by atoms with Crippen LogP contribution in [0.3, 0.4) is 0 Å². The summed E-state index contributed by atoms with van der Waals surface area (Å²) in [6.45, 7) is 3.51. The van der Waals surface area contributed by atoms with Crippen LogP contribution in [0.2, 0.25) is 0 Å². The van der Waals surface area contributed by atoms with Crippen molar-refractivity contribution in [2.24, 2.45) is 0 Å². The minimum Gasteiger partial charge on any atom is -0.398 e. The van der Waals surface area contributed by atoms with Gasteiger partial charge in [-0.1, -0.05) is 13.0 Å². The average Bonchev–Trinajstić information content (AvgIpc) is 2.30. The maximum atomic E-state index is 12.9. The number of hydrogen-bond acceptors (Lipinski definition) is 3. The van der Waals surface area contributed by atoms with Crippen LogP contribution >= 0.6 is 0 Å². The number of hydrogen-bond donors (Lipinski definition) is 2. The maximum Gasteiger partial charge on any atom is 0.234 e. The molecule has 0 radical (unpaired) electrons. The van der Waals surface area contributed by atoms with E-state index in [1.54, 1.807) is 6.07 Å². The molecule has 0 spiro atoms. The van der Waals surface area contributed by atoms with Crippen LogP contribution in [-0.2, 0) is 11.3 Å². The van der Waals surface area contributed by atoms with Gasteiger partial charge in [-0.3, -0.25) is 9.69 Å². The molecule has 100 valence electrons. The number of amides is 1. The molecule has 0 aliphatic carbocycles. The first kappa shape index (κ1) is 14.4.